The first-order valence-electron chi connectivity index (χ1n) is 7.45. The number of hydrogen-bond acceptors (Lipinski definition) is 3. The fraction of sp³-hybridized carbons (Fsp3) is 0.714. The van der Waals surface area contributed by atoms with Crippen LogP contribution in [0, 0.1) is 0 Å². The number of carbonyl (C=O) groups is 1. The number of amides is 1. The molecule has 9 heteroatoms. The lowest BCUT2D eigenvalue weighted by atomic mass is 10.2. The zero-order valence-corrected chi connectivity index (χ0v) is 14.7. The van der Waals surface area contributed by atoms with Crippen LogP contribution in [0.3, 0.4) is 0 Å². The number of nitrogens with one attached hydrogen (secondary N) is 1. The van der Waals surface area contributed by atoms with E-state index >= 15 is 0 Å². The van der Waals surface area contributed by atoms with E-state index in [1.165, 1.54) is 4.68 Å². The predicted molar refractivity (Wildman–Crippen MR) is 83.1 cm³/mol. The zero-order chi connectivity index (χ0) is 17.2. The molecule has 0 atom stereocenters. The molecule has 1 aliphatic rings. The van der Waals surface area contributed by atoms with E-state index in [1.807, 2.05) is 19.0 Å². The Labute approximate surface area is 141 Å². The summed E-state index contributed by atoms with van der Waals surface area (Å²) in [5.74, 6) is -0.274. The highest BCUT2D eigenvalue weighted by Gasteiger charge is 2.41. The van der Waals surface area contributed by atoms with E-state index in [-0.39, 0.29) is 22.8 Å². The minimum absolute atomic E-state index is 0.0343. The number of carbonyl (C=O) groups excluding carboxylic acids is 1. The maximum atomic E-state index is 13.0. The standard InChI is InChI=1S/C14H20BrF3N4O/c1-21(2)7-3-6-19-10(23)8-22-12(9-4-5-9)11(15)13(20-22)14(16,17)18/h9H,3-8H2,1-2H3,(H,19,23). The van der Waals surface area contributed by atoms with Gasteiger partial charge in [0.2, 0.25) is 5.91 Å². The third kappa shape index (κ3) is 4.94. The van der Waals surface area contributed by atoms with Gasteiger partial charge >= 0.3 is 6.18 Å². The number of aromatic nitrogens is 2. The van der Waals surface area contributed by atoms with Gasteiger partial charge in [0.1, 0.15) is 6.54 Å². The summed E-state index contributed by atoms with van der Waals surface area (Å²) in [6, 6.07) is 0. The molecule has 0 aliphatic heterocycles. The van der Waals surface area contributed by atoms with Crippen LogP contribution >= 0.6 is 15.9 Å². The molecule has 1 aromatic heterocycles. The van der Waals surface area contributed by atoms with Gasteiger partial charge in [-0.3, -0.25) is 9.48 Å². The van der Waals surface area contributed by atoms with Crippen LogP contribution in [0.4, 0.5) is 13.2 Å². The molecule has 1 N–H and O–H groups in total. The summed E-state index contributed by atoms with van der Waals surface area (Å²) in [5.41, 5.74) is -0.486. The highest BCUT2D eigenvalue weighted by atomic mass is 79.9. The molecule has 0 unspecified atom stereocenters. The second-order valence-electron chi connectivity index (χ2n) is 5.98. The topological polar surface area (TPSA) is 50.2 Å². The van der Waals surface area contributed by atoms with Gasteiger partial charge in [-0.05, 0) is 55.8 Å². The first kappa shape index (κ1) is 18.3. The van der Waals surface area contributed by atoms with Gasteiger partial charge in [0.25, 0.3) is 0 Å². The maximum Gasteiger partial charge on any atom is 0.436 e. The highest BCUT2D eigenvalue weighted by Crippen LogP contribution is 2.46. The van der Waals surface area contributed by atoms with Crippen LogP contribution in [-0.2, 0) is 17.5 Å². The minimum atomic E-state index is -4.53. The van der Waals surface area contributed by atoms with Crippen LogP contribution in [0.5, 0.6) is 0 Å². The fourth-order valence-corrected chi connectivity index (χ4v) is 3.15. The van der Waals surface area contributed by atoms with Gasteiger partial charge in [-0.1, -0.05) is 0 Å². The number of alkyl halides is 3. The monoisotopic (exact) mass is 396 g/mol. The Morgan fingerprint density at radius 1 is 1.43 bits per heavy atom. The molecular weight excluding hydrogens is 377 g/mol. The molecule has 1 aliphatic carbocycles. The second kappa shape index (κ2) is 7.21. The second-order valence-corrected chi connectivity index (χ2v) is 6.78. The lowest BCUT2D eigenvalue weighted by molar-refractivity contribution is -0.142. The third-order valence-electron chi connectivity index (χ3n) is 3.56. The van der Waals surface area contributed by atoms with Crippen LogP contribution in [-0.4, -0.2) is 47.8 Å². The lowest BCUT2D eigenvalue weighted by Crippen LogP contribution is -2.31. The average Bonchev–Trinajstić information content (AvgIpc) is 3.19. The molecule has 130 valence electrons. The Morgan fingerprint density at radius 3 is 2.61 bits per heavy atom. The molecule has 5 nitrogen and oxygen atoms in total. The fourth-order valence-electron chi connectivity index (χ4n) is 2.32. The van der Waals surface area contributed by atoms with Crippen LogP contribution < -0.4 is 5.32 Å². The molecule has 0 aromatic carbocycles. The highest BCUT2D eigenvalue weighted by molar-refractivity contribution is 9.10. The summed E-state index contributed by atoms with van der Waals surface area (Å²) in [5, 5.41) is 6.33. The van der Waals surface area contributed by atoms with Crippen LogP contribution in [0.25, 0.3) is 0 Å². The molecule has 1 amide bonds. The molecule has 1 heterocycles. The van der Waals surface area contributed by atoms with Gasteiger partial charge < -0.3 is 10.2 Å². The Hall–Kier alpha value is -1.09. The summed E-state index contributed by atoms with van der Waals surface area (Å²) in [4.78, 5) is 13.9. The molecular formula is C14H20BrF3N4O. The van der Waals surface area contributed by atoms with Gasteiger partial charge in [-0.25, -0.2) is 0 Å². The van der Waals surface area contributed by atoms with Crippen LogP contribution in [0.1, 0.15) is 36.6 Å². The van der Waals surface area contributed by atoms with E-state index < -0.39 is 11.9 Å². The van der Waals surface area contributed by atoms with E-state index in [1.54, 1.807) is 0 Å². The molecule has 0 saturated heterocycles. The molecule has 2 rings (SSSR count). The first-order chi connectivity index (χ1) is 10.7. The van der Waals surface area contributed by atoms with Gasteiger partial charge in [-0.2, -0.15) is 18.3 Å². The summed E-state index contributed by atoms with van der Waals surface area (Å²) < 4.78 is 40.1. The molecule has 0 bridgehead atoms. The maximum absolute atomic E-state index is 13.0. The molecule has 1 fully saturated rings. The normalized spacial score (nSPS) is 15.3. The average molecular weight is 397 g/mol. The first-order valence-corrected chi connectivity index (χ1v) is 8.24. The minimum Gasteiger partial charge on any atom is -0.354 e. The van der Waals surface area contributed by atoms with E-state index in [0.29, 0.717) is 12.2 Å². The Balaban J connectivity index is 2.03. The third-order valence-corrected chi connectivity index (χ3v) is 4.34. The zero-order valence-electron chi connectivity index (χ0n) is 13.1. The Morgan fingerprint density at radius 2 is 2.09 bits per heavy atom. The van der Waals surface area contributed by atoms with Crippen LogP contribution in [0.2, 0.25) is 0 Å². The summed E-state index contributed by atoms with van der Waals surface area (Å²) in [6.45, 7) is 1.13. The summed E-state index contributed by atoms with van der Waals surface area (Å²) >= 11 is 3.01. The van der Waals surface area contributed by atoms with Crippen molar-refractivity contribution in [3.63, 3.8) is 0 Å². The molecule has 0 spiro atoms. The van der Waals surface area contributed by atoms with Gasteiger partial charge in [0.05, 0.1) is 10.2 Å². The summed E-state index contributed by atoms with van der Waals surface area (Å²) in [6.07, 6.45) is -2.10. The van der Waals surface area contributed by atoms with Crippen molar-refractivity contribution >= 4 is 21.8 Å². The lowest BCUT2D eigenvalue weighted by Gasteiger charge is -2.11. The molecule has 0 radical (unpaired) electrons. The molecule has 23 heavy (non-hydrogen) atoms. The number of hydrogen-bond donors (Lipinski definition) is 1. The number of rotatable bonds is 7. The Kier molecular flexibility index (Phi) is 5.72. The number of nitrogens with zero attached hydrogens (tertiary/aromatic N) is 3. The van der Waals surface area contributed by atoms with Crippen molar-refractivity contribution < 1.29 is 18.0 Å². The van der Waals surface area contributed by atoms with Crippen molar-refractivity contribution in [2.45, 2.75) is 37.9 Å². The van der Waals surface area contributed by atoms with Crippen molar-refractivity contribution in [3.05, 3.63) is 15.9 Å². The van der Waals surface area contributed by atoms with E-state index in [4.69, 9.17) is 0 Å². The van der Waals surface area contributed by atoms with Crippen molar-refractivity contribution in [1.29, 1.82) is 0 Å². The van der Waals surface area contributed by atoms with Crippen molar-refractivity contribution in [3.8, 4) is 0 Å². The molecule has 1 aromatic rings. The van der Waals surface area contributed by atoms with Crippen molar-refractivity contribution in [2.75, 3.05) is 27.2 Å². The number of halogens is 4. The quantitative estimate of drug-likeness (QED) is 0.720. The molecule has 1 saturated carbocycles. The predicted octanol–water partition coefficient (Wildman–Crippen LogP) is 2.61. The Bertz CT molecular complexity index is 567. The van der Waals surface area contributed by atoms with E-state index in [0.717, 1.165) is 25.8 Å². The van der Waals surface area contributed by atoms with E-state index in [9.17, 15) is 18.0 Å². The SMILES string of the molecule is CN(C)CCCNC(=O)Cn1nc(C(F)(F)F)c(Br)c1C1CC1. The van der Waals surface area contributed by atoms with Gasteiger partial charge in [-0.15, -0.1) is 0 Å². The van der Waals surface area contributed by atoms with Gasteiger partial charge in [0, 0.05) is 12.5 Å². The van der Waals surface area contributed by atoms with Gasteiger partial charge in [0.15, 0.2) is 5.69 Å². The smallest absolute Gasteiger partial charge is 0.354 e. The van der Waals surface area contributed by atoms with E-state index in [2.05, 4.69) is 26.3 Å². The van der Waals surface area contributed by atoms with Crippen LogP contribution in [0.15, 0.2) is 4.47 Å². The van der Waals surface area contributed by atoms with Crippen molar-refractivity contribution in [1.82, 2.24) is 20.0 Å². The summed E-state index contributed by atoms with van der Waals surface area (Å²) in [7, 11) is 3.87. The van der Waals surface area contributed by atoms with Crippen molar-refractivity contribution in [2.24, 2.45) is 0 Å². The largest absolute Gasteiger partial charge is 0.436 e.